The van der Waals surface area contributed by atoms with Crippen molar-refractivity contribution in [3.8, 4) is 5.75 Å². The molecule has 1 aliphatic rings. The van der Waals surface area contributed by atoms with Crippen molar-refractivity contribution in [2.75, 3.05) is 32.7 Å². The van der Waals surface area contributed by atoms with E-state index in [0.29, 0.717) is 34.8 Å². The van der Waals surface area contributed by atoms with E-state index in [1.54, 1.807) is 30.2 Å². The molecule has 1 aliphatic heterocycles. The van der Waals surface area contributed by atoms with Crippen molar-refractivity contribution in [1.82, 2.24) is 4.90 Å². The average Bonchev–Trinajstić information content (AvgIpc) is 3.11. The van der Waals surface area contributed by atoms with E-state index in [1.165, 1.54) is 18.9 Å². The lowest BCUT2D eigenvalue weighted by Gasteiger charge is -2.16. The van der Waals surface area contributed by atoms with Crippen LogP contribution in [-0.2, 0) is 14.3 Å². The highest BCUT2D eigenvalue weighted by molar-refractivity contribution is 8.15. The highest BCUT2D eigenvalue weighted by Crippen LogP contribution is 2.34. The molecule has 0 aliphatic carbocycles. The van der Waals surface area contributed by atoms with Crippen molar-refractivity contribution in [3.63, 3.8) is 0 Å². The normalized spacial score (nSPS) is 16.9. The first-order chi connectivity index (χ1) is 16.5. The molecule has 9 heteroatoms. The molecule has 176 valence electrons. The Hall–Kier alpha value is -3.07. The molecular formula is C25H24ClN3O4S. The molecule has 1 unspecified atom stereocenters. The minimum atomic E-state index is -0.584. The van der Waals surface area contributed by atoms with E-state index in [0.717, 1.165) is 16.5 Å². The Balaban J connectivity index is 1.54. The fourth-order valence-corrected chi connectivity index (χ4v) is 5.08. The lowest BCUT2D eigenvalue weighted by molar-refractivity contribution is -0.128. The highest BCUT2D eigenvalue weighted by atomic mass is 35.5. The lowest BCUT2D eigenvalue weighted by atomic mass is 10.1. The molecule has 4 rings (SSSR count). The van der Waals surface area contributed by atoms with Gasteiger partial charge in [0.15, 0.2) is 5.17 Å². The van der Waals surface area contributed by atoms with Crippen molar-refractivity contribution >= 4 is 62.5 Å². The lowest BCUT2D eigenvalue weighted by Crippen LogP contribution is -2.35. The third kappa shape index (κ3) is 5.35. The number of thioether (sulfide) groups is 1. The maximum Gasteiger partial charge on any atom is 0.242 e. The van der Waals surface area contributed by atoms with Crippen LogP contribution < -0.4 is 10.1 Å². The van der Waals surface area contributed by atoms with Crippen LogP contribution in [0.15, 0.2) is 65.7 Å². The molecule has 3 aromatic rings. The Morgan fingerprint density at radius 2 is 1.94 bits per heavy atom. The van der Waals surface area contributed by atoms with E-state index in [-0.39, 0.29) is 18.2 Å². The SMILES string of the molecule is COCCN1C(=O)C(CC(=O)Nc2ccc(OC)c(Cl)c2)SC1=Nc1cccc2ccccc12. The second kappa shape index (κ2) is 10.9. The molecule has 0 aromatic heterocycles. The predicted molar refractivity (Wildman–Crippen MR) is 137 cm³/mol. The summed E-state index contributed by atoms with van der Waals surface area (Å²) in [6, 6.07) is 18.8. The van der Waals surface area contributed by atoms with Crippen LogP contribution in [0.1, 0.15) is 6.42 Å². The summed E-state index contributed by atoms with van der Waals surface area (Å²) in [7, 11) is 3.11. The molecule has 0 bridgehead atoms. The molecule has 2 amide bonds. The molecular weight excluding hydrogens is 474 g/mol. The van der Waals surface area contributed by atoms with Gasteiger partial charge in [0, 0.05) is 24.6 Å². The number of halogens is 1. The topological polar surface area (TPSA) is 80.2 Å². The average molecular weight is 498 g/mol. The number of carbonyl (C=O) groups is 2. The second-order valence-electron chi connectivity index (χ2n) is 7.58. The van der Waals surface area contributed by atoms with Gasteiger partial charge < -0.3 is 14.8 Å². The maximum absolute atomic E-state index is 13.2. The van der Waals surface area contributed by atoms with Crippen LogP contribution in [-0.4, -0.2) is 54.5 Å². The largest absolute Gasteiger partial charge is 0.495 e. The van der Waals surface area contributed by atoms with Crippen LogP contribution in [0.2, 0.25) is 5.02 Å². The number of methoxy groups -OCH3 is 2. The summed E-state index contributed by atoms with van der Waals surface area (Å²) in [5, 5.41) is 5.23. The summed E-state index contributed by atoms with van der Waals surface area (Å²) in [5.41, 5.74) is 1.31. The van der Waals surface area contributed by atoms with Crippen molar-refractivity contribution in [3.05, 3.63) is 65.7 Å². The number of hydrogen-bond acceptors (Lipinski definition) is 6. The molecule has 7 nitrogen and oxygen atoms in total. The summed E-state index contributed by atoms with van der Waals surface area (Å²) in [4.78, 5) is 32.3. The zero-order valence-electron chi connectivity index (χ0n) is 18.8. The number of amides is 2. The van der Waals surface area contributed by atoms with Gasteiger partial charge in [-0.15, -0.1) is 0 Å². The zero-order chi connectivity index (χ0) is 24.1. The quantitative estimate of drug-likeness (QED) is 0.468. The minimum absolute atomic E-state index is 0.00515. The van der Waals surface area contributed by atoms with Crippen molar-refractivity contribution < 1.29 is 19.1 Å². The van der Waals surface area contributed by atoms with Crippen LogP contribution in [0.4, 0.5) is 11.4 Å². The Labute approximate surface area is 207 Å². The molecule has 0 radical (unpaired) electrons. The van der Waals surface area contributed by atoms with Gasteiger partial charge in [-0.3, -0.25) is 14.5 Å². The first kappa shape index (κ1) is 24.1. The Bertz CT molecular complexity index is 1240. The first-order valence-electron chi connectivity index (χ1n) is 10.7. The number of fused-ring (bicyclic) bond motifs is 1. The van der Waals surface area contributed by atoms with Crippen molar-refractivity contribution in [2.45, 2.75) is 11.7 Å². The Kier molecular flexibility index (Phi) is 7.72. The van der Waals surface area contributed by atoms with Gasteiger partial charge in [0.05, 0.1) is 31.0 Å². The molecule has 0 saturated carbocycles. The van der Waals surface area contributed by atoms with E-state index in [4.69, 9.17) is 26.1 Å². The number of nitrogens with zero attached hydrogens (tertiary/aromatic N) is 2. The van der Waals surface area contributed by atoms with Gasteiger partial charge in [0.1, 0.15) is 11.0 Å². The number of anilines is 1. The summed E-state index contributed by atoms with van der Waals surface area (Å²) in [5.74, 6) is 0.0680. The number of hydrogen-bond donors (Lipinski definition) is 1. The van der Waals surface area contributed by atoms with E-state index >= 15 is 0 Å². The molecule has 1 fully saturated rings. The molecule has 0 spiro atoms. The number of aliphatic imine (C=N–C) groups is 1. The number of carbonyl (C=O) groups excluding carboxylic acids is 2. The van der Waals surface area contributed by atoms with E-state index in [2.05, 4.69) is 5.32 Å². The molecule has 1 saturated heterocycles. The molecule has 1 atom stereocenters. The fraction of sp³-hybridized carbons (Fsp3) is 0.240. The molecule has 34 heavy (non-hydrogen) atoms. The van der Waals surface area contributed by atoms with Crippen molar-refractivity contribution in [1.29, 1.82) is 0 Å². The third-order valence-electron chi connectivity index (χ3n) is 5.33. The molecule has 1 N–H and O–H groups in total. The van der Waals surface area contributed by atoms with Gasteiger partial charge in [-0.2, -0.15) is 0 Å². The van der Waals surface area contributed by atoms with Crippen LogP contribution in [0.5, 0.6) is 5.75 Å². The Morgan fingerprint density at radius 3 is 2.71 bits per heavy atom. The second-order valence-corrected chi connectivity index (χ2v) is 9.16. The summed E-state index contributed by atoms with van der Waals surface area (Å²) in [6.45, 7) is 0.724. The molecule has 3 aromatic carbocycles. The van der Waals surface area contributed by atoms with Gasteiger partial charge >= 0.3 is 0 Å². The zero-order valence-corrected chi connectivity index (χ0v) is 20.4. The summed E-state index contributed by atoms with van der Waals surface area (Å²) >= 11 is 7.44. The van der Waals surface area contributed by atoms with Gasteiger partial charge in [-0.1, -0.05) is 59.8 Å². The maximum atomic E-state index is 13.2. The smallest absolute Gasteiger partial charge is 0.242 e. The minimum Gasteiger partial charge on any atom is -0.495 e. The number of benzene rings is 3. The predicted octanol–water partition coefficient (Wildman–Crippen LogP) is 5.11. The number of nitrogens with one attached hydrogen (secondary N) is 1. The van der Waals surface area contributed by atoms with Gasteiger partial charge in [-0.05, 0) is 29.7 Å². The standard InChI is InChI=1S/C25H24ClN3O4S/c1-32-13-12-29-24(31)22(15-23(30)27-17-10-11-21(33-2)19(26)14-17)34-25(29)28-20-9-5-7-16-6-3-4-8-18(16)20/h3-11,14,22H,12-13,15H2,1-2H3,(H,27,30). The Morgan fingerprint density at radius 1 is 1.15 bits per heavy atom. The van der Waals surface area contributed by atoms with Gasteiger partial charge in [-0.25, -0.2) is 4.99 Å². The van der Waals surface area contributed by atoms with Crippen molar-refractivity contribution in [2.24, 2.45) is 4.99 Å². The van der Waals surface area contributed by atoms with Gasteiger partial charge in [0.25, 0.3) is 0 Å². The first-order valence-corrected chi connectivity index (χ1v) is 11.9. The third-order valence-corrected chi connectivity index (χ3v) is 6.80. The van der Waals surface area contributed by atoms with Crippen LogP contribution >= 0.6 is 23.4 Å². The highest BCUT2D eigenvalue weighted by Gasteiger charge is 2.39. The van der Waals surface area contributed by atoms with Crippen LogP contribution in [0.3, 0.4) is 0 Å². The molecule has 1 heterocycles. The number of ether oxygens (including phenoxy) is 2. The van der Waals surface area contributed by atoms with Crippen LogP contribution in [0, 0.1) is 0 Å². The summed E-state index contributed by atoms with van der Waals surface area (Å²) in [6.07, 6.45) is 0.00515. The summed E-state index contributed by atoms with van der Waals surface area (Å²) < 4.78 is 10.3. The van der Waals surface area contributed by atoms with E-state index < -0.39 is 5.25 Å². The number of amidine groups is 1. The van der Waals surface area contributed by atoms with Gasteiger partial charge in [0.2, 0.25) is 11.8 Å². The number of rotatable bonds is 8. The fourth-order valence-electron chi connectivity index (χ4n) is 3.65. The monoisotopic (exact) mass is 497 g/mol. The van der Waals surface area contributed by atoms with E-state index in [9.17, 15) is 9.59 Å². The van der Waals surface area contributed by atoms with Crippen LogP contribution in [0.25, 0.3) is 10.8 Å². The van der Waals surface area contributed by atoms with E-state index in [1.807, 2.05) is 42.5 Å².